The first-order chi connectivity index (χ1) is 10.1. The maximum atomic E-state index is 12.3. The van der Waals surface area contributed by atoms with E-state index in [4.69, 9.17) is 4.74 Å². The number of rotatable bonds is 6. The van der Waals surface area contributed by atoms with Crippen LogP contribution in [0.3, 0.4) is 0 Å². The van der Waals surface area contributed by atoms with Crippen molar-refractivity contribution in [2.24, 2.45) is 0 Å². The second-order valence-corrected chi connectivity index (χ2v) is 5.14. The molecule has 2 rings (SSSR count). The normalized spacial score (nSPS) is 15.9. The van der Waals surface area contributed by atoms with Crippen molar-refractivity contribution in [2.75, 3.05) is 37.9 Å². The van der Waals surface area contributed by atoms with E-state index in [1.807, 2.05) is 11.8 Å². The molecule has 0 spiro atoms. The summed E-state index contributed by atoms with van der Waals surface area (Å²) in [7, 11) is 3.39. The Kier molecular flexibility index (Phi) is 5.32. The number of ether oxygens (including phenoxy) is 1. The van der Waals surface area contributed by atoms with Crippen molar-refractivity contribution in [2.45, 2.75) is 32.4 Å². The molecule has 1 amide bonds. The van der Waals surface area contributed by atoms with Gasteiger partial charge in [0.2, 0.25) is 5.91 Å². The Bertz CT molecular complexity index is 488. The van der Waals surface area contributed by atoms with Gasteiger partial charge in [0.05, 0.1) is 0 Å². The van der Waals surface area contributed by atoms with Crippen LogP contribution in [0.15, 0.2) is 6.07 Å². The molecule has 1 saturated heterocycles. The molecule has 0 aliphatic carbocycles. The molecule has 0 bridgehead atoms. The lowest BCUT2D eigenvalue weighted by molar-refractivity contribution is -0.130. The minimum atomic E-state index is -0.307. The number of aromatic nitrogens is 2. The minimum absolute atomic E-state index is 0.116. The first kappa shape index (κ1) is 15.5. The number of amides is 1. The van der Waals surface area contributed by atoms with E-state index in [2.05, 4.69) is 20.6 Å². The van der Waals surface area contributed by atoms with E-state index in [0.29, 0.717) is 24.1 Å². The number of nitrogens with zero attached hydrogens (tertiary/aromatic N) is 3. The average Bonchev–Trinajstić information content (AvgIpc) is 3.00. The maximum absolute atomic E-state index is 12.3. The number of anilines is 2. The molecule has 1 aromatic heterocycles. The fourth-order valence-corrected chi connectivity index (χ4v) is 2.39. The van der Waals surface area contributed by atoms with Gasteiger partial charge in [-0.05, 0) is 19.8 Å². The highest BCUT2D eigenvalue weighted by atomic mass is 16.5. The highest BCUT2D eigenvalue weighted by Gasteiger charge is 2.23. The van der Waals surface area contributed by atoms with Crippen molar-refractivity contribution < 1.29 is 9.53 Å². The molecule has 0 aromatic carbocycles. The molecule has 116 valence electrons. The predicted molar refractivity (Wildman–Crippen MR) is 81.2 cm³/mol. The molecule has 21 heavy (non-hydrogen) atoms. The standard InChI is InChI=1S/C14H23N5O2/c1-10(14(20)19-6-4-5-7-19)16-12-8-11(15-2)17-13(18-12)9-21-3/h8,10H,4-7,9H2,1-3H3,(H2,15,16,17,18). The number of likely N-dealkylation sites (tertiary alicyclic amines) is 1. The van der Waals surface area contributed by atoms with E-state index in [1.54, 1.807) is 20.2 Å². The van der Waals surface area contributed by atoms with Crippen molar-refractivity contribution >= 4 is 17.5 Å². The van der Waals surface area contributed by atoms with Crippen LogP contribution in [0.2, 0.25) is 0 Å². The fourth-order valence-electron chi connectivity index (χ4n) is 2.39. The van der Waals surface area contributed by atoms with Gasteiger partial charge in [0.1, 0.15) is 24.3 Å². The first-order valence-corrected chi connectivity index (χ1v) is 7.24. The first-order valence-electron chi connectivity index (χ1n) is 7.24. The van der Waals surface area contributed by atoms with Gasteiger partial charge in [-0.25, -0.2) is 9.97 Å². The molecular formula is C14H23N5O2. The zero-order valence-electron chi connectivity index (χ0n) is 12.8. The van der Waals surface area contributed by atoms with Gasteiger partial charge in [0.15, 0.2) is 5.82 Å². The number of hydrogen-bond donors (Lipinski definition) is 2. The summed E-state index contributed by atoms with van der Waals surface area (Å²) in [6.45, 7) is 3.90. The molecule has 0 saturated carbocycles. The summed E-state index contributed by atoms with van der Waals surface area (Å²) in [5.74, 6) is 2.01. The lowest BCUT2D eigenvalue weighted by Crippen LogP contribution is -2.39. The number of methoxy groups -OCH3 is 1. The third-order valence-electron chi connectivity index (χ3n) is 3.45. The van der Waals surface area contributed by atoms with Crippen LogP contribution in [0.4, 0.5) is 11.6 Å². The van der Waals surface area contributed by atoms with Crippen molar-refractivity contribution in [1.29, 1.82) is 0 Å². The molecule has 1 fully saturated rings. The molecule has 1 aliphatic rings. The summed E-state index contributed by atoms with van der Waals surface area (Å²) in [6, 6.07) is 1.48. The molecule has 1 atom stereocenters. The Morgan fingerprint density at radius 2 is 2.05 bits per heavy atom. The van der Waals surface area contributed by atoms with Crippen LogP contribution in [0.1, 0.15) is 25.6 Å². The van der Waals surface area contributed by atoms with Crippen LogP contribution < -0.4 is 10.6 Å². The molecule has 1 aromatic rings. The quantitative estimate of drug-likeness (QED) is 0.817. The maximum Gasteiger partial charge on any atom is 0.244 e. The predicted octanol–water partition coefficient (Wildman–Crippen LogP) is 1.09. The van der Waals surface area contributed by atoms with Gasteiger partial charge in [0.25, 0.3) is 0 Å². The van der Waals surface area contributed by atoms with Gasteiger partial charge in [-0.15, -0.1) is 0 Å². The Labute approximate surface area is 125 Å². The lowest BCUT2D eigenvalue weighted by Gasteiger charge is -2.21. The largest absolute Gasteiger partial charge is 0.377 e. The SMILES string of the molecule is CNc1cc(NC(C)C(=O)N2CCCC2)nc(COC)n1. The van der Waals surface area contributed by atoms with Gasteiger partial charge >= 0.3 is 0 Å². The van der Waals surface area contributed by atoms with Crippen LogP contribution in [0.5, 0.6) is 0 Å². The highest BCUT2D eigenvalue weighted by Crippen LogP contribution is 2.15. The third kappa shape index (κ3) is 4.04. The molecule has 2 heterocycles. The van der Waals surface area contributed by atoms with Crippen LogP contribution in [-0.4, -0.2) is 54.1 Å². The van der Waals surface area contributed by atoms with Crippen molar-refractivity contribution in [1.82, 2.24) is 14.9 Å². The zero-order chi connectivity index (χ0) is 15.2. The Morgan fingerprint density at radius 3 is 2.67 bits per heavy atom. The van der Waals surface area contributed by atoms with E-state index in [0.717, 1.165) is 25.9 Å². The smallest absolute Gasteiger partial charge is 0.244 e. The van der Waals surface area contributed by atoms with E-state index < -0.39 is 0 Å². The molecule has 1 unspecified atom stereocenters. The molecule has 1 aliphatic heterocycles. The van der Waals surface area contributed by atoms with E-state index >= 15 is 0 Å². The monoisotopic (exact) mass is 293 g/mol. The summed E-state index contributed by atoms with van der Waals surface area (Å²) in [4.78, 5) is 22.8. The number of nitrogens with one attached hydrogen (secondary N) is 2. The summed E-state index contributed by atoms with van der Waals surface area (Å²) < 4.78 is 5.06. The molecule has 0 radical (unpaired) electrons. The van der Waals surface area contributed by atoms with Gasteiger partial charge < -0.3 is 20.3 Å². The van der Waals surface area contributed by atoms with Gasteiger partial charge in [-0.3, -0.25) is 4.79 Å². The Morgan fingerprint density at radius 1 is 1.38 bits per heavy atom. The zero-order valence-corrected chi connectivity index (χ0v) is 12.8. The minimum Gasteiger partial charge on any atom is -0.377 e. The third-order valence-corrected chi connectivity index (χ3v) is 3.45. The van der Waals surface area contributed by atoms with Crippen molar-refractivity contribution in [3.63, 3.8) is 0 Å². The molecule has 2 N–H and O–H groups in total. The van der Waals surface area contributed by atoms with E-state index in [9.17, 15) is 4.79 Å². The van der Waals surface area contributed by atoms with Gasteiger partial charge in [-0.1, -0.05) is 0 Å². The van der Waals surface area contributed by atoms with E-state index in [-0.39, 0.29) is 11.9 Å². The summed E-state index contributed by atoms with van der Waals surface area (Å²) in [5, 5.41) is 6.14. The number of carbonyl (C=O) groups excluding carboxylic acids is 1. The molecule has 7 heteroatoms. The lowest BCUT2D eigenvalue weighted by atomic mass is 10.3. The number of carbonyl (C=O) groups is 1. The van der Waals surface area contributed by atoms with Crippen LogP contribution in [0, 0.1) is 0 Å². The van der Waals surface area contributed by atoms with Crippen molar-refractivity contribution in [3.05, 3.63) is 11.9 Å². The summed E-state index contributed by atoms with van der Waals surface area (Å²) in [5.41, 5.74) is 0. The van der Waals surface area contributed by atoms with Crippen LogP contribution >= 0.6 is 0 Å². The van der Waals surface area contributed by atoms with E-state index in [1.165, 1.54) is 0 Å². The Balaban J connectivity index is 2.06. The Hall–Kier alpha value is -1.89. The summed E-state index contributed by atoms with van der Waals surface area (Å²) >= 11 is 0. The second kappa shape index (κ2) is 7.21. The molecular weight excluding hydrogens is 270 g/mol. The average molecular weight is 293 g/mol. The topological polar surface area (TPSA) is 79.4 Å². The summed E-state index contributed by atoms with van der Waals surface area (Å²) in [6.07, 6.45) is 2.18. The second-order valence-electron chi connectivity index (χ2n) is 5.14. The highest BCUT2D eigenvalue weighted by molar-refractivity contribution is 5.84. The molecule has 7 nitrogen and oxygen atoms in total. The number of hydrogen-bond acceptors (Lipinski definition) is 6. The van der Waals surface area contributed by atoms with Crippen molar-refractivity contribution in [3.8, 4) is 0 Å². The van der Waals surface area contributed by atoms with Gasteiger partial charge in [-0.2, -0.15) is 0 Å². The fraction of sp³-hybridized carbons (Fsp3) is 0.643. The van der Waals surface area contributed by atoms with Crippen LogP contribution in [-0.2, 0) is 16.1 Å². The van der Waals surface area contributed by atoms with Crippen LogP contribution in [0.25, 0.3) is 0 Å². The van der Waals surface area contributed by atoms with Gasteiger partial charge in [0, 0.05) is 33.3 Å².